The number of aromatic hydroxyl groups is 1. The van der Waals surface area contributed by atoms with Crippen LogP contribution < -0.4 is 16.0 Å². The lowest BCUT2D eigenvalue weighted by Crippen LogP contribution is -2.52. The topological polar surface area (TPSA) is 120 Å². The van der Waals surface area contributed by atoms with E-state index in [-0.39, 0.29) is 17.7 Å². The number of nitrogens with one attached hydrogen (secondary N) is 1. The molecule has 4 N–H and O–H groups in total. The fraction of sp³-hybridized carbons (Fsp3) is 0.238. The van der Waals surface area contributed by atoms with E-state index >= 15 is 0 Å². The number of benzene rings is 2. The molecule has 30 heavy (non-hydrogen) atoms. The zero-order valence-corrected chi connectivity index (χ0v) is 16.4. The number of phenols is 1. The fourth-order valence-electron chi connectivity index (χ4n) is 3.29. The van der Waals surface area contributed by atoms with Crippen molar-refractivity contribution in [1.82, 2.24) is 25.2 Å². The van der Waals surface area contributed by atoms with Gasteiger partial charge in [0.2, 0.25) is 11.9 Å². The van der Waals surface area contributed by atoms with Crippen molar-refractivity contribution in [3.8, 4) is 17.1 Å². The highest BCUT2D eigenvalue weighted by molar-refractivity contribution is 5.74. The lowest BCUT2D eigenvalue weighted by molar-refractivity contribution is 0.193. The van der Waals surface area contributed by atoms with Crippen LogP contribution in [0.15, 0.2) is 54.6 Å². The Balaban J connectivity index is 1.38. The summed E-state index contributed by atoms with van der Waals surface area (Å²) >= 11 is 0. The van der Waals surface area contributed by atoms with Gasteiger partial charge in [-0.25, -0.2) is 4.79 Å². The number of hydrogen-bond acceptors (Lipinski definition) is 7. The lowest BCUT2D eigenvalue weighted by Gasteiger charge is -2.34. The molecule has 3 aromatic rings. The first kappa shape index (κ1) is 19.4. The second kappa shape index (κ2) is 8.64. The monoisotopic (exact) mass is 405 g/mol. The minimum Gasteiger partial charge on any atom is -0.508 e. The van der Waals surface area contributed by atoms with Crippen LogP contribution in [0, 0.1) is 0 Å². The maximum atomic E-state index is 12.5. The highest BCUT2D eigenvalue weighted by Crippen LogP contribution is 2.22. The first-order valence-corrected chi connectivity index (χ1v) is 9.71. The molecule has 1 aliphatic heterocycles. The molecule has 154 valence electrons. The number of carbonyl (C=O) groups excluding carboxylic acids is 1. The molecule has 1 fully saturated rings. The minimum absolute atomic E-state index is 0.0888. The maximum Gasteiger partial charge on any atom is 0.317 e. The van der Waals surface area contributed by atoms with E-state index in [1.807, 2.05) is 35.2 Å². The average Bonchev–Trinajstić information content (AvgIpc) is 2.78. The Morgan fingerprint density at radius 3 is 2.50 bits per heavy atom. The minimum atomic E-state index is -0.0888. The van der Waals surface area contributed by atoms with Crippen molar-refractivity contribution in [2.75, 3.05) is 36.8 Å². The highest BCUT2D eigenvalue weighted by Gasteiger charge is 2.23. The standard InChI is InChI=1S/C21H23N7O2/c22-19-24-18(16-7-4-8-17(29)13-16)25-20(26-19)27-9-11-28(12-10-27)21(30)23-14-15-5-2-1-3-6-15/h1-8,13,29H,9-12,14H2,(H,23,30)(H2,22,24,25,26). The summed E-state index contributed by atoms with van der Waals surface area (Å²) < 4.78 is 0. The van der Waals surface area contributed by atoms with Crippen LogP contribution in [0.5, 0.6) is 5.75 Å². The predicted octanol–water partition coefficient (Wildman–Crippen LogP) is 1.86. The third-order valence-corrected chi connectivity index (χ3v) is 4.88. The smallest absolute Gasteiger partial charge is 0.317 e. The number of carbonyl (C=O) groups is 1. The van der Waals surface area contributed by atoms with E-state index < -0.39 is 0 Å². The van der Waals surface area contributed by atoms with Gasteiger partial charge in [-0.2, -0.15) is 15.0 Å². The Labute approximate surface area is 174 Å². The average molecular weight is 405 g/mol. The van der Waals surface area contributed by atoms with Crippen LogP contribution in [0.2, 0.25) is 0 Å². The van der Waals surface area contributed by atoms with E-state index in [1.165, 1.54) is 0 Å². The molecule has 0 aliphatic carbocycles. The number of urea groups is 1. The Kier molecular flexibility index (Phi) is 5.60. The van der Waals surface area contributed by atoms with Crippen molar-refractivity contribution < 1.29 is 9.90 Å². The molecule has 9 heteroatoms. The van der Waals surface area contributed by atoms with Gasteiger partial charge in [0.1, 0.15) is 5.75 Å². The molecule has 4 rings (SSSR count). The number of nitrogens with zero attached hydrogens (tertiary/aromatic N) is 5. The Morgan fingerprint density at radius 1 is 1.00 bits per heavy atom. The summed E-state index contributed by atoms with van der Waals surface area (Å²) in [7, 11) is 0. The second-order valence-electron chi connectivity index (χ2n) is 6.99. The molecule has 1 aliphatic rings. The van der Waals surface area contributed by atoms with Crippen LogP contribution in [0.25, 0.3) is 11.4 Å². The van der Waals surface area contributed by atoms with E-state index in [9.17, 15) is 9.90 Å². The summed E-state index contributed by atoms with van der Waals surface area (Å²) in [5, 5.41) is 12.7. The molecule has 0 saturated carbocycles. The zero-order valence-electron chi connectivity index (χ0n) is 16.4. The Hall–Kier alpha value is -3.88. The summed E-state index contributed by atoms with van der Waals surface area (Å²) in [6.07, 6.45) is 0. The van der Waals surface area contributed by atoms with E-state index in [4.69, 9.17) is 5.73 Å². The van der Waals surface area contributed by atoms with Crippen molar-refractivity contribution in [2.24, 2.45) is 0 Å². The summed E-state index contributed by atoms with van der Waals surface area (Å²) in [6, 6.07) is 16.4. The number of anilines is 2. The summed E-state index contributed by atoms with van der Waals surface area (Å²) in [5.74, 6) is 1.10. The molecular weight excluding hydrogens is 382 g/mol. The highest BCUT2D eigenvalue weighted by atomic mass is 16.3. The van der Waals surface area contributed by atoms with Crippen molar-refractivity contribution in [2.45, 2.75) is 6.54 Å². The summed E-state index contributed by atoms with van der Waals surface area (Å²) in [6.45, 7) is 2.77. The van der Waals surface area contributed by atoms with Gasteiger partial charge in [0, 0.05) is 38.3 Å². The molecule has 2 aromatic carbocycles. The second-order valence-corrected chi connectivity index (χ2v) is 6.99. The number of rotatable bonds is 4. The normalized spacial score (nSPS) is 13.9. The molecular formula is C21H23N7O2. The van der Waals surface area contributed by atoms with Crippen molar-refractivity contribution in [3.63, 3.8) is 0 Å². The van der Waals surface area contributed by atoms with Gasteiger partial charge in [-0.15, -0.1) is 0 Å². The van der Waals surface area contributed by atoms with Gasteiger partial charge in [0.25, 0.3) is 0 Å². The molecule has 1 aromatic heterocycles. The molecule has 0 bridgehead atoms. The lowest BCUT2D eigenvalue weighted by atomic mass is 10.2. The van der Waals surface area contributed by atoms with Gasteiger partial charge in [-0.05, 0) is 17.7 Å². The number of nitrogen functional groups attached to an aromatic ring is 1. The Morgan fingerprint density at radius 2 is 1.77 bits per heavy atom. The molecule has 2 heterocycles. The fourth-order valence-corrected chi connectivity index (χ4v) is 3.29. The molecule has 0 radical (unpaired) electrons. The van der Waals surface area contributed by atoms with Gasteiger partial charge in [0.05, 0.1) is 0 Å². The van der Waals surface area contributed by atoms with E-state index in [1.54, 1.807) is 29.2 Å². The van der Waals surface area contributed by atoms with Crippen LogP contribution >= 0.6 is 0 Å². The van der Waals surface area contributed by atoms with Crippen LogP contribution in [0.1, 0.15) is 5.56 Å². The first-order valence-electron chi connectivity index (χ1n) is 9.71. The van der Waals surface area contributed by atoms with Crippen LogP contribution in [0.4, 0.5) is 16.7 Å². The number of phenolic OH excluding ortho intramolecular Hbond substituents is 1. The quantitative estimate of drug-likeness (QED) is 0.606. The molecule has 0 unspecified atom stereocenters. The van der Waals surface area contributed by atoms with E-state index in [0.717, 1.165) is 5.56 Å². The number of amides is 2. The van der Waals surface area contributed by atoms with E-state index in [0.29, 0.717) is 50.1 Å². The predicted molar refractivity (Wildman–Crippen MR) is 114 cm³/mol. The van der Waals surface area contributed by atoms with Crippen LogP contribution in [-0.4, -0.2) is 57.2 Å². The van der Waals surface area contributed by atoms with Gasteiger partial charge >= 0.3 is 6.03 Å². The molecule has 9 nitrogen and oxygen atoms in total. The number of aromatic nitrogens is 3. The summed E-state index contributed by atoms with van der Waals surface area (Å²) in [5.41, 5.74) is 7.60. The molecule has 2 amide bonds. The van der Waals surface area contributed by atoms with Crippen molar-refractivity contribution >= 4 is 17.9 Å². The number of nitrogens with two attached hydrogens (primary N) is 1. The third-order valence-electron chi connectivity index (χ3n) is 4.88. The number of piperazine rings is 1. The maximum absolute atomic E-state index is 12.5. The van der Waals surface area contributed by atoms with Gasteiger partial charge in [-0.1, -0.05) is 42.5 Å². The van der Waals surface area contributed by atoms with Crippen molar-refractivity contribution in [1.29, 1.82) is 0 Å². The van der Waals surface area contributed by atoms with E-state index in [2.05, 4.69) is 20.3 Å². The third kappa shape index (κ3) is 4.57. The van der Waals surface area contributed by atoms with Gasteiger partial charge < -0.3 is 26.0 Å². The summed E-state index contributed by atoms with van der Waals surface area (Å²) in [4.78, 5) is 29.1. The zero-order chi connectivity index (χ0) is 20.9. The Bertz CT molecular complexity index is 1020. The molecule has 0 spiro atoms. The van der Waals surface area contributed by atoms with Crippen LogP contribution in [-0.2, 0) is 6.54 Å². The number of hydrogen-bond donors (Lipinski definition) is 3. The largest absolute Gasteiger partial charge is 0.508 e. The SMILES string of the molecule is Nc1nc(-c2cccc(O)c2)nc(N2CCN(C(=O)NCc3ccccc3)CC2)n1. The van der Waals surface area contributed by atoms with Gasteiger partial charge in [0.15, 0.2) is 5.82 Å². The van der Waals surface area contributed by atoms with Crippen LogP contribution in [0.3, 0.4) is 0 Å². The molecule has 1 saturated heterocycles. The molecule has 0 atom stereocenters. The van der Waals surface area contributed by atoms with Crippen molar-refractivity contribution in [3.05, 3.63) is 60.2 Å². The van der Waals surface area contributed by atoms with Gasteiger partial charge in [-0.3, -0.25) is 0 Å². The first-order chi connectivity index (χ1) is 14.6.